The summed E-state index contributed by atoms with van der Waals surface area (Å²) in [4.78, 5) is 37.4. The lowest BCUT2D eigenvalue weighted by Crippen LogP contribution is -2.29. The Hall–Kier alpha value is -2.69. The average molecular weight is 340 g/mol. The molecule has 3 rings (SSSR count). The van der Waals surface area contributed by atoms with Crippen LogP contribution in [0.15, 0.2) is 24.3 Å². The third kappa shape index (κ3) is 2.69. The second kappa shape index (κ2) is 5.99. The van der Waals surface area contributed by atoms with Crippen molar-refractivity contribution in [2.45, 2.75) is 40.0 Å². The standard InChI is InChI=1S/C20H20O5/c1-4-20(2,3)19(24)25-18-12-8-6-5-7-11(12)17(23)15-13(21)9-10-14(22)16(15)18/h5-8,23H,4,9-10H2,1-3H3. The summed E-state index contributed by atoms with van der Waals surface area (Å²) in [7, 11) is 0. The van der Waals surface area contributed by atoms with Gasteiger partial charge in [0.15, 0.2) is 17.3 Å². The van der Waals surface area contributed by atoms with Crippen molar-refractivity contribution in [3.05, 3.63) is 35.4 Å². The summed E-state index contributed by atoms with van der Waals surface area (Å²) in [6.07, 6.45) is 0.661. The maximum atomic E-state index is 12.6. The number of hydrogen-bond donors (Lipinski definition) is 1. The van der Waals surface area contributed by atoms with E-state index in [1.807, 2.05) is 6.92 Å². The number of benzene rings is 2. The van der Waals surface area contributed by atoms with Crippen molar-refractivity contribution in [3.8, 4) is 11.5 Å². The minimum Gasteiger partial charge on any atom is -0.507 e. The number of phenolic OH excluding ortho intramolecular Hbond substituents is 1. The monoisotopic (exact) mass is 340 g/mol. The zero-order valence-electron chi connectivity index (χ0n) is 14.5. The Bertz CT molecular complexity index is 908. The quantitative estimate of drug-likeness (QED) is 0.673. The summed E-state index contributed by atoms with van der Waals surface area (Å²) < 4.78 is 5.63. The molecule has 130 valence electrons. The number of ether oxygens (including phenoxy) is 1. The normalized spacial score (nSPS) is 14.5. The zero-order chi connectivity index (χ0) is 18.4. The predicted octanol–water partition coefficient (Wildman–Crippen LogP) is 4.05. The highest BCUT2D eigenvalue weighted by Gasteiger charge is 2.35. The molecule has 2 aromatic rings. The summed E-state index contributed by atoms with van der Waals surface area (Å²) in [5.74, 6) is -1.23. The minimum atomic E-state index is -0.729. The molecule has 0 unspecified atom stereocenters. The first-order valence-corrected chi connectivity index (χ1v) is 8.34. The van der Waals surface area contributed by atoms with Crippen LogP contribution in [0.2, 0.25) is 0 Å². The van der Waals surface area contributed by atoms with Gasteiger partial charge in [-0.2, -0.15) is 0 Å². The molecule has 5 heteroatoms. The largest absolute Gasteiger partial charge is 0.507 e. The molecule has 0 fully saturated rings. The number of carbonyl (C=O) groups is 3. The first kappa shape index (κ1) is 17.1. The van der Waals surface area contributed by atoms with Crippen molar-refractivity contribution in [1.29, 1.82) is 0 Å². The Balaban J connectivity index is 2.32. The van der Waals surface area contributed by atoms with E-state index in [0.717, 1.165) is 0 Å². The van der Waals surface area contributed by atoms with Gasteiger partial charge in [0.2, 0.25) is 0 Å². The fourth-order valence-electron chi connectivity index (χ4n) is 2.88. The number of hydrogen-bond acceptors (Lipinski definition) is 5. The predicted molar refractivity (Wildman–Crippen MR) is 93.2 cm³/mol. The van der Waals surface area contributed by atoms with Crippen LogP contribution in [0, 0.1) is 5.41 Å². The van der Waals surface area contributed by atoms with Crippen LogP contribution in [0.1, 0.15) is 60.7 Å². The second-order valence-electron chi connectivity index (χ2n) is 6.95. The van der Waals surface area contributed by atoms with Crippen molar-refractivity contribution in [1.82, 2.24) is 0 Å². The molecular formula is C20H20O5. The highest BCUT2D eigenvalue weighted by Crippen LogP contribution is 2.44. The topological polar surface area (TPSA) is 80.7 Å². The Morgan fingerprint density at radius 3 is 2.24 bits per heavy atom. The lowest BCUT2D eigenvalue weighted by atomic mass is 9.85. The summed E-state index contributed by atoms with van der Waals surface area (Å²) in [5, 5.41) is 11.4. The van der Waals surface area contributed by atoms with Gasteiger partial charge >= 0.3 is 5.97 Å². The maximum absolute atomic E-state index is 12.6. The Morgan fingerprint density at radius 1 is 1.08 bits per heavy atom. The summed E-state index contributed by atoms with van der Waals surface area (Å²) >= 11 is 0. The van der Waals surface area contributed by atoms with Crippen LogP contribution in [-0.4, -0.2) is 22.6 Å². The lowest BCUT2D eigenvalue weighted by Gasteiger charge is -2.24. The number of carbonyl (C=O) groups excluding carboxylic acids is 3. The molecule has 0 spiro atoms. The van der Waals surface area contributed by atoms with Crippen molar-refractivity contribution < 1.29 is 24.2 Å². The molecule has 1 N–H and O–H groups in total. The van der Waals surface area contributed by atoms with Gasteiger partial charge in [-0.25, -0.2) is 0 Å². The van der Waals surface area contributed by atoms with E-state index < -0.39 is 11.4 Å². The van der Waals surface area contributed by atoms with E-state index in [1.165, 1.54) is 0 Å². The van der Waals surface area contributed by atoms with Gasteiger partial charge in [-0.15, -0.1) is 0 Å². The SMILES string of the molecule is CCC(C)(C)C(=O)Oc1c2c(c(O)c3ccccc13)C(=O)CCC2=O. The first-order valence-electron chi connectivity index (χ1n) is 8.34. The Labute approximate surface area is 145 Å². The van der Waals surface area contributed by atoms with E-state index in [9.17, 15) is 19.5 Å². The highest BCUT2D eigenvalue weighted by molar-refractivity contribution is 6.21. The third-order valence-corrected chi connectivity index (χ3v) is 4.91. The molecule has 2 aromatic carbocycles. The van der Waals surface area contributed by atoms with Crippen molar-refractivity contribution in [3.63, 3.8) is 0 Å². The van der Waals surface area contributed by atoms with Gasteiger partial charge in [0.25, 0.3) is 0 Å². The van der Waals surface area contributed by atoms with Gasteiger partial charge in [0.1, 0.15) is 5.75 Å². The van der Waals surface area contributed by atoms with E-state index in [1.54, 1.807) is 38.1 Å². The van der Waals surface area contributed by atoms with Crippen molar-refractivity contribution in [2.75, 3.05) is 0 Å². The number of fused-ring (bicyclic) bond motifs is 2. The molecule has 0 radical (unpaired) electrons. The smallest absolute Gasteiger partial charge is 0.316 e. The van der Waals surface area contributed by atoms with Crippen LogP contribution in [-0.2, 0) is 4.79 Å². The molecule has 0 heterocycles. The molecule has 0 amide bonds. The number of Topliss-reactive ketones (excluding diaryl/α,β-unsaturated/α-hetero) is 2. The molecular weight excluding hydrogens is 320 g/mol. The van der Waals surface area contributed by atoms with Crippen LogP contribution < -0.4 is 4.74 Å². The lowest BCUT2D eigenvalue weighted by molar-refractivity contribution is -0.144. The highest BCUT2D eigenvalue weighted by atomic mass is 16.5. The zero-order valence-corrected chi connectivity index (χ0v) is 14.5. The number of rotatable bonds is 3. The van der Waals surface area contributed by atoms with Gasteiger partial charge in [-0.05, 0) is 20.3 Å². The van der Waals surface area contributed by atoms with E-state index >= 15 is 0 Å². The summed E-state index contributed by atoms with van der Waals surface area (Å²) in [6.45, 7) is 5.40. The number of aromatic hydroxyl groups is 1. The number of phenols is 1. The second-order valence-corrected chi connectivity index (χ2v) is 6.95. The Morgan fingerprint density at radius 2 is 1.64 bits per heavy atom. The third-order valence-electron chi connectivity index (χ3n) is 4.91. The summed E-state index contributed by atoms with van der Waals surface area (Å²) in [5.41, 5.74) is -0.743. The van der Waals surface area contributed by atoms with Gasteiger partial charge in [-0.3, -0.25) is 14.4 Å². The maximum Gasteiger partial charge on any atom is 0.316 e. The molecule has 0 bridgehead atoms. The van der Waals surface area contributed by atoms with E-state index in [2.05, 4.69) is 0 Å². The van der Waals surface area contributed by atoms with Crippen LogP contribution in [0.4, 0.5) is 0 Å². The fourth-order valence-corrected chi connectivity index (χ4v) is 2.88. The fraction of sp³-hybridized carbons (Fsp3) is 0.350. The van der Waals surface area contributed by atoms with Crippen molar-refractivity contribution >= 4 is 28.3 Å². The molecule has 25 heavy (non-hydrogen) atoms. The van der Waals surface area contributed by atoms with Crippen molar-refractivity contribution in [2.24, 2.45) is 5.41 Å². The van der Waals surface area contributed by atoms with E-state index in [4.69, 9.17) is 4.74 Å². The van der Waals surface area contributed by atoms with Gasteiger partial charge in [-0.1, -0.05) is 31.2 Å². The molecule has 0 saturated heterocycles. The minimum absolute atomic E-state index is 0.0210. The molecule has 1 aliphatic rings. The van der Waals surface area contributed by atoms with Crippen LogP contribution in [0.5, 0.6) is 11.5 Å². The van der Waals surface area contributed by atoms with E-state index in [0.29, 0.717) is 17.2 Å². The van der Waals surface area contributed by atoms with Gasteiger partial charge in [0.05, 0.1) is 16.5 Å². The number of ketones is 2. The molecule has 1 aliphatic carbocycles. The molecule has 5 nitrogen and oxygen atoms in total. The van der Waals surface area contributed by atoms with Gasteiger partial charge in [0, 0.05) is 23.6 Å². The summed E-state index contributed by atoms with van der Waals surface area (Å²) in [6, 6.07) is 6.75. The molecule has 0 aromatic heterocycles. The molecule has 0 atom stereocenters. The van der Waals surface area contributed by atoms with E-state index in [-0.39, 0.29) is 47.0 Å². The number of esters is 1. The van der Waals surface area contributed by atoms with Crippen LogP contribution in [0.25, 0.3) is 10.8 Å². The molecule has 0 saturated carbocycles. The first-order chi connectivity index (χ1) is 11.8. The average Bonchev–Trinajstić information content (AvgIpc) is 2.60. The van der Waals surface area contributed by atoms with Gasteiger partial charge < -0.3 is 9.84 Å². The van der Waals surface area contributed by atoms with Crippen LogP contribution in [0.3, 0.4) is 0 Å². The Kier molecular flexibility index (Phi) is 4.11. The molecule has 0 aliphatic heterocycles. The van der Waals surface area contributed by atoms with Crippen LogP contribution >= 0.6 is 0 Å².